The summed E-state index contributed by atoms with van der Waals surface area (Å²) in [7, 11) is 3.18. The van der Waals surface area contributed by atoms with Crippen LogP contribution in [-0.2, 0) is 16.0 Å². The molecular weight excluding hydrogens is 430 g/mol. The summed E-state index contributed by atoms with van der Waals surface area (Å²) in [6, 6.07) is 11.3. The zero-order valence-corrected chi connectivity index (χ0v) is 19.6. The highest BCUT2D eigenvalue weighted by molar-refractivity contribution is 6.31. The average Bonchev–Trinajstić information content (AvgIpc) is 2.80. The highest BCUT2D eigenvalue weighted by Crippen LogP contribution is 2.30. The molecule has 2 aromatic carbocycles. The quantitative estimate of drug-likeness (QED) is 0.655. The van der Waals surface area contributed by atoms with Crippen LogP contribution >= 0.6 is 11.6 Å². The lowest BCUT2D eigenvalue weighted by Gasteiger charge is -2.34. The van der Waals surface area contributed by atoms with Gasteiger partial charge in [0.15, 0.2) is 0 Å². The topological polar surface area (TPSA) is 71.1 Å². The Morgan fingerprint density at radius 1 is 1.03 bits per heavy atom. The van der Waals surface area contributed by atoms with Gasteiger partial charge in [-0.2, -0.15) is 0 Å². The van der Waals surface area contributed by atoms with Gasteiger partial charge in [0, 0.05) is 43.7 Å². The molecule has 0 saturated carbocycles. The summed E-state index contributed by atoms with van der Waals surface area (Å²) >= 11 is 6.13. The van der Waals surface area contributed by atoms with Crippen LogP contribution in [0.5, 0.6) is 11.5 Å². The molecule has 2 aromatic rings. The van der Waals surface area contributed by atoms with Gasteiger partial charge in [-0.15, -0.1) is 0 Å². The molecule has 1 heterocycles. The van der Waals surface area contributed by atoms with E-state index in [4.69, 9.17) is 21.1 Å². The molecule has 8 heteroatoms. The van der Waals surface area contributed by atoms with Crippen molar-refractivity contribution in [2.75, 3.05) is 52.3 Å². The fourth-order valence-corrected chi connectivity index (χ4v) is 3.83. The van der Waals surface area contributed by atoms with Gasteiger partial charge in [-0.05, 0) is 42.7 Å². The molecule has 0 bridgehead atoms. The number of ether oxygens (including phenoxy) is 2. The second-order valence-corrected chi connectivity index (χ2v) is 8.26. The molecule has 0 aliphatic carbocycles. The average molecular weight is 460 g/mol. The minimum absolute atomic E-state index is 0.121. The monoisotopic (exact) mass is 459 g/mol. The van der Waals surface area contributed by atoms with Crippen LogP contribution in [0.1, 0.15) is 17.5 Å². The van der Waals surface area contributed by atoms with Crippen molar-refractivity contribution in [3.8, 4) is 11.5 Å². The molecule has 0 aromatic heterocycles. The Hall–Kier alpha value is -2.77. The van der Waals surface area contributed by atoms with Gasteiger partial charge in [0.2, 0.25) is 11.8 Å². The first-order chi connectivity index (χ1) is 15.4. The third-order valence-corrected chi connectivity index (χ3v) is 6.04. The molecule has 2 amide bonds. The van der Waals surface area contributed by atoms with Crippen LogP contribution in [0.4, 0.5) is 5.69 Å². The van der Waals surface area contributed by atoms with E-state index in [9.17, 15) is 9.59 Å². The van der Waals surface area contributed by atoms with E-state index in [0.717, 1.165) is 16.9 Å². The third kappa shape index (κ3) is 6.37. The zero-order valence-electron chi connectivity index (χ0n) is 18.8. The Labute approximate surface area is 194 Å². The number of amides is 2. The van der Waals surface area contributed by atoms with Crippen molar-refractivity contribution in [3.05, 3.63) is 52.5 Å². The van der Waals surface area contributed by atoms with Crippen LogP contribution in [0.2, 0.25) is 5.02 Å². The number of carbonyl (C=O) groups excluding carboxylic acids is 2. The maximum absolute atomic E-state index is 12.6. The van der Waals surface area contributed by atoms with Crippen molar-refractivity contribution in [2.24, 2.45) is 0 Å². The van der Waals surface area contributed by atoms with E-state index < -0.39 is 0 Å². The Bertz CT molecular complexity index is 941. The fraction of sp³-hybridized carbons (Fsp3) is 0.417. The second kappa shape index (κ2) is 11.2. The highest BCUT2D eigenvalue weighted by atomic mass is 35.5. The number of nitrogens with zero attached hydrogens (tertiary/aromatic N) is 2. The minimum Gasteiger partial charge on any atom is -0.497 e. The lowest BCUT2D eigenvalue weighted by molar-refractivity contribution is -0.133. The number of aryl methyl sites for hydroxylation is 2. The van der Waals surface area contributed by atoms with Crippen LogP contribution in [0.15, 0.2) is 36.4 Å². The largest absolute Gasteiger partial charge is 0.497 e. The number of carbonyl (C=O) groups is 2. The predicted molar refractivity (Wildman–Crippen MR) is 126 cm³/mol. The van der Waals surface area contributed by atoms with Gasteiger partial charge in [-0.1, -0.05) is 23.7 Å². The predicted octanol–water partition coefficient (Wildman–Crippen LogP) is 3.38. The molecule has 172 valence electrons. The summed E-state index contributed by atoms with van der Waals surface area (Å²) in [5, 5.41) is 3.49. The Morgan fingerprint density at radius 3 is 2.34 bits per heavy atom. The van der Waals surface area contributed by atoms with E-state index in [0.29, 0.717) is 55.5 Å². The van der Waals surface area contributed by atoms with Gasteiger partial charge < -0.3 is 19.7 Å². The van der Waals surface area contributed by atoms with Crippen molar-refractivity contribution in [2.45, 2.75) is 19.8 Å². The van der Waals surface area contributed by atoms with Gasteiger partial charge in [0.1, 0.15) is 11.5 Å². The number of hydrogen-bond acceptors (Lipinski definition) is 5. The number of hydrogen-bond donors (Lipinski definition) is 1. The number of methoxy groups -OCH3 is 2. The SMILES string of the molecule is COc1ccc(CCC(=O)N2CCN(CC(=O)Nc3cc(C)c(Cl)cc3OC)CC2)cc1. The molecule has 32 heavy (non-hydrogen) atoms. The Balaban J connectivity index is 1.43. The summed E-state index contributed by atoms with van der Waals surface area (Å²) in [6.45, 7) is 4.72. The molecule has 1 aliphatic heterocycles. The summed E-state index contributed by atoms with van der Waals surface area (Å²) in [5.74, 6) is 1.36. The zero-order chi connectivity index (χ0) is 23.1. The molecule has 1 fully saturated rings. The first-order valence-corrected chi connectivity index (χ1v) is 11.0. The molecule has 7 nitrogen and oxygen atoms in total. The molecule has 0 unspecified atom stereocenters. The van der Waals surface area contributed by atoms with Crippen molar-refractivity contribution in [1.29, 1.82) is 0 Å². The van der Waals surface area contributed by atoms with Gasteiger partial charge in [-0.25, -0.2) is 0 Å². The van der Waals surface area contributed by atoms with Crippen LogP contribution in [0.3, 0.4) is 0 Å². The summed E-state index contributed by atoms with van der Waals surface area (Å²) < 4.78 is 10.5. The van der Waals surface area contributed by atoms with Gasteiger partial charge >= 0.3 is 0 Å². The molecule has 0 radical (unpaired) electrons. The summed E-state index contributed by atoms with van der Waals surface area (Å²) in [6.07, 6.45) is 1.18. The standard InChI is InChI=1S/C24H30ClN3O4/c1-17-14-21(22(32-3)15-20(17)25)26-23(29)16-27-10-12-28(13-11-27)24(30)9-6-18-4-7-19(31-2)8-5-18/h4-5,7-8,14-15H,6,9-13,16H2,1-3H3,(H,26,29). The number of rotatable bonds is 8. The Morgan fingerprint density at radius 2 is 1.72 bits per heavy atom. The molecular formula is C24H30ClN3O4. The van der Waals surface area contributed by atoms with Crippen LogP contribution in [-0.4, -0.2) is 68.6 Å². The van der Waals surface area contributed by atoms with E-state index in [2.05, 4.69) is 10.2 Å². The molecule has 1 aliphatic rings. The maximum atomic E-state index is 12.6. The highest BCUT2D eigenvalue weighted by Gasteiger charge is 2.22. The van der Waals surface area contributed by atoms with E-state index in [1.54, 1.807) is 26.4 Å². The minimum atomic E-state index is -0.121. The first kappa shape index (κ1) is 23.9. The van der Waals surface area contributed by atoms with Crippen molar-refractivity contribution >= 4 is 29.1 Å². The molecule has 3 rings (SSSR count). The van der Waals surface area contributed by atoms with Crippen LogP contribution < -0.4 is 14.8 Å². The molecule has 0 atom stereocenters. The van der Waals surface area contributed by atoms with Crippen LogP contribution in [0, 0.1) is 6.92 Å². The second-order valence-electron chi connectivity index (χ2n) is 7.85. The van der Waals surface area contributed by atoms with Crippen LogP contribution in [0.25, 0.3) is 0 Å². The molecule has 1 saturated heterocycles. The van der Waals surface area contributed by atoms with E-state index in [1.807, 2.05) is 36.1 Å². The number of anilines is 1. The lowest BCUT2D eigenvalue weighted by Crippen LogP contribution is -2.50. The van der Waals surface area contributed by atoms with E-state index in [1.165, 1.54) is 0 Å². The third-order valence-electron chi connectivity index (χ3n) is 5.63. The van der Waals surface area contributed by atoms with Crippen molar-refractivity contribution in [1.82, 2.24) is 9.80 Å². The molecule has 0 spiro atoms. The Kier molecular flexibility index (Phi) is 8.36. The van der Waals surface area contributed by atoms with Gasteiger partial charge in [-0.3, -0.25) is 14.5 Å². The number of halogens is 1. The number of piperazine rings is 1. The smallest absolute Gasteiger partial charge is 0.238 e. The lowest BCUT2D eigenvalue weighted by atomic mass is 10.1. The summed E-state index contributed by atoms with van der Waals surface area (Å²) in [5.41, 5.74) is 2.58. The first-order valence-electron chi connectivity index (χ1n) is 10.7. The molecule has 1 N–H and O–H groups in total. The normalized spacial score (nSPS) is 14.2. The number of benzene rings is 2. The van der Waals surface area contributed by atoms with Gasteiger partial charge in [0.05, 0.1) is 26.5 Å². The van der Waals surface area contributed by atoms with Gasteiger partial charge in [0.25, 0.3) is 0 Å². The maximum Gasteiger partial charge on any atom is 0.238 e. The summed E-state index contributed by atoms with van der Waals surface area (Å²) in [4.78, 5) is 29.0. The van der Waals surface area contributed by atoms with Crippen molar-refractivity contribution < 1.29 is 19.1 Å². The van der Waals surface area contributed by atoms with E-state index >= 15 is 0 Å². The van der Waals surface area contributed by atoms with Crippen molar-refractivity contribution in [3.63, 3.8) is 0 Å². The number of nitrogens with one attached hydrogen (secondary N) is 1. The van der Waals surface area contributed by atoms with E-state index in [-0.39, 0.29) is 18.4 Å². The fourth-order valence-electron chi connectivity index (χ4n) is 3.68.